The zero-order valence-corrected chi connectivity index (χ0v) is 19.5. The van der Waals surface area contributed by atoms with Crippen LogP contribution in [0.4, 0.5) is 4.79 Å². The highest BCUT2D eigenvalue weighted by Gasteiger charge is 2.34. The molecule has 0 spiro atoms. The van der Waals surface area contributed by atoms with Crippen LogP contribution in [0.5, 0.6) is 0 Å². The molecule has 0 radical (unpaired) electrons. The van der Waals surface area contributed by atoms with Crippen molar-refractivity contribution in [1.82, 2.24) is 15.1 Å². The Hall–Kier alpha value is -2.24. The molecule has 1 unspecified atom stereocenters. The van der Waals surface area contributed by atoms with E-state index in [1.165, 1.54) is 36.1 Å². The number of hydrogen-bond acceptors (Lipinski definition) is 5. The molecule has 0 aromatic heterocycles. The predicted octanol–water partition coefficient (Wildman–Crippen LogP) is 4.81. The molecule has 1 saturated heterocycles. The van der Waals surface area contributed by atoms with Crippen molar-refractivity contribution in [3.8, 4) is 0 Å². The van der Waals surface area contributed by atoms with Gasteiger partial charge in [-0.3, -0.25) is 0 Å². The maximum Gasteiger partial charge on any atom is 0.410 e. The summed E-state index contributed by atoms with van der Waals surface area (Å²) in [6, 6.07) is 0.0926. The van der Waals surface area contributed by atoms with Crippen molar-refractivity contribution in [2.45, 2.75) is 78.9 Å². The largest absolute Gasteiger partial charge is 0.444 e. The summed E-state index contributed by atoms with van der Waals surface area (Å²) in [4.78, 5) is 21.5. The number of carbonyl (C=O) groups excluding carboxylic acids is 1. The van der Waals surface area contributed by atoms with Crippen LogP contribution in [0.3, 0.4) is 0 Å². The predicted molar refractivity (Wildman–Crippen MR) is 122 cm³/mol. The van der Waals surface area contributed by atoms with Gasteiger partial charge in [0, 0.05) is 43.1 Å². The third-order valence-electron chi connectivity index (χ3n) is 6.07. The molecule has 30 heavy (non-hydrogen) atoms. The molecule has 6 nitrogen and oxygen atoms in total. The third kappa shape index (κ3) is 5.08. The second kappa shape index (κ2) is 9.27. The number of hydrogen-bond donors (Lipinski definition) is 1. The average Bonchev–Trinajstić information content (AvgIpc) is 3.01. The van der Waals surface area contributed by atoms with Gasteiger partial charge in [-0.2, -0.15) is 0 Å². The Morgan fingerprint density at radius 2 is 2.07 bits per heavy atom. The maximum absolute atomic E-state index is 12.6. The van der Waals surface area contributed by atoms with Gasteiger partial charge in [0.2, 0.25) is 0 Å². The van der Waals surface area contributed by atoms with Crippen LogP contribution in [-0.4, -0.2) is 53.0 Å². The summed E-state index contributed by atoms with van der Waals surface area (Å²) < 4.78 is 5.60. The SMILES string of the molecule is CC/C=C/NC1=NC=C(C2CCC2)/C1=C(/C)N1CCN(C(=O)OC(C)(C)C)C(C)C1. The first-order valence-corrected chi connectivity index (χ1v) is 11.4. The molecule has 1 saturated carbocycles. The highest BCUT2D eigenvalue weighted by atomic mass is 16.6. The molecule has 6 heteroatoms. The van der Waals surface area contributed by atoms with E-state index in [1.54, 1.807) is 0 Å². The Bertz CT molecular complexity index is 769. The van der Waals surface area contributed by atoms with Gasteiger partial charge in [-0.1, -0.05) is 19.4 Å². The van der Waals surface area contributed by atoms with Crippen molar-refractivity contribution in [2.75, 3.05) is 19.6 Å². The number of piperazine rings is 1. The second-order valence-electron chi connectivity index (χ2n) is 9.57. The number of amides is 1. The van der Waals surface area contributed by atoms with E-state index in [2.05, 4.69) is 43.3 Å². The molecule has 1 N–H and O–H groups in total. The molecule has 0 aromatic carbocycles. The van der Waals surface area contributed by atoms with E-state index in [-0.39, 0.29) is 12.1 Å². The lowest BCUT2D eigenvalue weighted by molar-refractivity contribution is 0.00494. The number of amidine groups is 1. The second-order valence-corrected chi connectivity index (χ2v) is 9.57. The van der Waals surface area contributed by atoms with Crippen molar-refractivity contribution in [3.05, 3.63) is 35.3 Å². The summed E-state index contributed by atoms with van der Waals surface area (Å²) in [7, 11) is 0. The Morgan fingerprint density at radius 1 is 1.33 bits per heavy atom. The van der Waals surface area contributed by atoms with Crippen molar-refractivity contribution >= 4 is 11.9 Å². The van der Waals surface area contributed by atoms with Crippen LogP contribution in [0.15, 0.2) is 40.3 Å². The summed E-state index contributed by atoms with van der Waals surface area (Å²) in [5.41, 5.74) is 3.39. The number of allylic oxidation sites excluding steroid dienone is 2. The lowest BCUT2D eigenvalue weighted by Crippen LogP contribution is -2.54. The molecule has 2 heterocycles. The highest BCUT2D eigenvalue weighted by molar-refractivity contribution is 6.06. The number of carbonyl (C=O) groups is 1. The minimum absolute atomic E-state index is 0.0926. The van der Waals surface area contributed by atoms with Crippen molar-refractivity contribution in [1.29, 1.82) is 0 Å². The first kappa shape index (κ1) is 22.4. The van der Waals surface area contributed by atoms with Crippen molar-refractivity contribution in [3.63, 3.8) is 0 Å². The summed E-state index contributed by atoms with van der Waals surface area (Å²) in [6.07, 6.45) is 10.7. The first-order valence-electron chi connectivity index (χ1n) is 11.4. The fourth-order valence-electron chi connectivity index (χ4n) is 4.19. The van der Waals surface area contributed by atoms with Gasteiger partial charge in [0.1, 0.15) is 11.4 Å². The standard InChI is InChI=1S/C24H38N4O2/c1-7-8-12-25-22-21(20(15-26-22)19-10-9-11-19)18(3)27-13-14-28(17(2)16-27)23(29)30-24(4,5)6/h8,12,15,17,19H,7,9-11,13-14,16H2,1-6H3,(H,25,26)/b12-8+,21-18+. The molecule has 2 aliphatic heterocycles. The quantitative estimate of drug-likeness (QED) is 0.717. The summed E-state index contributed by atoms with van der Waals surface area (Å²) in [6.45, 7) is 14.4. The van der Waals surface area contributed by atoms with Gasteiger partial charge in [0.25, 0.3) is 0 Å². The smallest absolute Gasteiger partial charge is 0.410 e. The van der Waals surface area contributed by atoms with Gasteiger partial charge in [-0.05, 0) is 71.6 Å². The van der Waals surface area contributed by atoms with Gasteiger partial charge >= 0.3 is 6.09 Å². The zero-order chi connectivity index (χ0) is 21.9. The molecule has 1 atom stereocenters. The molecule has 2 fully saturated rings. The van der Waals surface area contributed by atoms with Crippen LogP contribution in [0.1, 0.15) is 67.2 Å². The minimum atomic E-state index is -0.471. The summed E-state index contributed by atoms with van der Waals surface area (Å²) in [5, 5.41) is 3.40. The van der Waals surface area contributed by atoms with E-state index >= 15 is 0 Å². The highest BCUT2D eigenvalue weighted by Crippen LogP contribution is 2.40. The van der Waals surface area contributed by atoms with Gasteiger partial charge in [0.15, 0.2) is 0 Å². The Morgan fingerprint density at radius 3 is 2.63 bits per heavy atom. The van der Waals surface area contributed by atoms with E-state index in [0.717, 1.165) is 25.3 Å². The lowest BCUT2D eigenvalue weighted by Gasteiger charge is -2.42. The third-order valence-corrected chi connectivity index (χ3v) is 6.07. The fourth-order valence-corrected chi connectivity index (χ4v) is 4.19. The number of aliphatic imine (C=N–C) groups is 1. The number of rotatable bonds is 4. The maximum atomic E-state index is 12.6. The summed E-state index contributed by atoms with van der Waals surface area (Å²) >= 11 is 0. The molecule has 166 valence electrons. The van der Waals surface area contributed by atoms with Gasteiger partial charge in [0.05, 0.1) is 0 Å². The van der Waals surface area contributed by atoms with E-state index < -0.39 is 5.60 Å². The van der Waals surface area contributed by atoms with Crippen molar-refractivity contribution < 1.29 is 9.53 Å². The van der Waals surface area contributed by atoms with Crippen LogP contribution in [0.2, 0.25) is 0 Å². The zero-order valence-electron chi connectivity index (χ0n) is 19.5. The van der Waals surface area contributed by atoms with Gasteiger partial charge < -0.3 is 19.9 Å². The molecule has 1 amide bonds. The van der Waals surface area contributed by atoms with E-state index in [1.807, 2.05) is 31.9 Å². The number of nitrogens with zero attached hydrogens (tertiary/aromatic N) is 3. The minimum Gasteiger partial charge on any atom is -0.444 e. The van der Waals surface area contributed by atoms with Crippen LogP contribution >= 0.6 is 0 Å². The topological polar surface area (TPSA) is 57.2 Å². The number of nitrogens with one attached hydrogen (secondary N) is 1. The monoisotopic (exact) mass is 414 g/mol. The van der Waals surface area contributed by atoms with Gasteiger partial charge in [-0.25, -0.2) is 9.79 Å². The Kier molecular flexibility index (Phi) is 6.94. The lowest BCUT2D eigenvalue weighted by atomic mass is 9.77. The van der Waals surface area contributed by atoms with Crippen LogP contribution < -0.4 is 5.32 Å². The van der Waals surface area contributed by atoms with Gasteiger partial charge in [-0.15, -0.1) is 0 Å². The van der Waals surface area contributed by atoms with E-state index in [0.29, 0.717) is 12.5 Å². The normalized spacial score (nSPS) is 24.5. The van der Waals surface area contributed by atoms with E-state index in [9.17, 15) is 4.79 Å². The first-order chi connectivity index (χ1) is 14.2. The summed E-state index contributed by atoms with van der Waals surface area (Å²) in [5.74, 6) is 1.56. The molecule has 3 rings (SSSR count). The Balaban J connectivity index is 1.75. The van der Waals surface area contributed by atoms with Crippen LogP contribution in [0, 0.1) is 5.92 Å². The molecule has 0 bridgehead atoms. The molecule has 1 aliphatic carbocycles. The molecular formula is C24H38N4O2. The molecule has 0 aromatic rings. The number of ether oxygens (including phenoxy) is 1. The molecule has 3 aliphatic rings. The fraction of sp³-hybridized carbons (Fsp3) is 0.667. The average molecular weight is 415 g/mol. The van der Waals surface area contributed by atoms with Crippen LogP contribution in [0.25, 0.3) is 0 Å². The van der Waals surface area contributed by atoms with Crippen LogP contribution in [-0.2, 0) is 4.74 Å². The van der Waals surface area contributed by atoms with Crippen molar-refractivity contribution in [2.24, 2.45) is 10.9 Å². The Labute approximate surface area is 181 Å². The van der Waals surface area contributed by atoms with E-state index in [4.69, 9.17) is 9.73 Å². The molecular weight excluding hydrogens is 376 g/mol.